The van der Waals surface area contributed by atoms with Crippen molar-refractivity contribution in [2.24, 2.45) is 17.8 Å². The van der Waals surface area contributed by atoms with Crippen LogP contribution < -0.4 is 9.64 Å². The van der Waals surface area contributed by atoms with Gasteiger partial charge in [-0.2, -0.15) is 0 Å². The lowest BCUT2D eigenvalue weighted by Crippen LogP contribution is -2.53. The number of hydrogen-bond donors (Lipinski definition) is 0. The lowest BCUT2D eigenvalue weighted by Gasteiger charge is -2.56. The maximum Gasteiger partial charge on any atom is 0.120 e. The predicted molar refractivity (Wildman–Crippen MR) is 115 cm³/mol. The first-order valence-corrected chi connectivity index (χ1v) is 11.7. The molecule has 0 heterocycles. The SMILES string of the molecule is CCCCCCCCN(C)c1ccc(OC23CC4CC(CC(C4)C2)C3)cc1. The molecular weight excluding hydrogens is 330 g/mol. The zero-order valence-electron chi connectivity index (χ0n) is 17.6. The molecule has 1 aromatic rings. The molecule has 4 aliphatic rings. The van der Waals surface area contributed by atoms with E-state index >= 15 is 0 Å². The third-order valence-electron chi connectivity index (χ3n) is 7.44. The Labute approximate surface area is 166 Å². The van der Waals surface area contributed by atoms with Gasteiger partial charge in [0.15, 0.2) is 0 Å². The van der Waals surface area contributed by atoms with Crippen LogP contribution in [0.15, 0.2) is 24.3 Å². The van der Waals surface area contributed by atoms with Crippen LogP contribution in [-0.4, -0.2) is 19.2 Å². The fourth-order valence-electron chi connectivity index (χ4n) is 6.43. The summed E-state index contributed by atoms with van der Waals surface area (Å²) in [5.74, 6) is 3.92. The van der Waals surface area contributed by atoms with Gasteiger partial charge in [0, 0.05) is 19.3 Å². The Kier molecular flexibility index (Phi) is 5.99. The van der Waals surface area contributed by atoms with E-state index in [-0.39, 0.29) is 5.60 Å². The molecule has 4 saturated carbocycles. The first-order valence-electron chi connectivity index (χ1n) is 11.7. The van der Waals surface area contributed by atoms with Crippen LogP contribution >= 0.6 is 0 Å². The van der Waals surface area contributed by atoms with Crippen molar-refractivity contribution in [3.63, 3.8) is 0 Å². The normalized spacial score (nSPS) is 31.3. The maximum atomic E-state index is 6.67. The van der Waals surface area contributed by atoms with Crippen molar-refractivity contribution in [3.05, 3.63) is 24.3 Å². The van der Waals surface area contributed by atoms with Crippen molar-refractivity contribution >= 4 is 5.69 Å². The van der Waals surface area contributed by atoms with Gasteiger partial charge in [-0.3, -0.25) is 0 Å². The second-order valence-corrected chi connectivity index (χ2v) is 9.89. The minimum atomic E-state index is 0.167. The number of benzene rings is 1. The molecule has 0 amide bonds. The van der Waals surface area contributed by atoms with E-state index in [1.165, 1.54) is 82.7 Å². The van der Waals surface area contributed by atoms with Gasteiger partial charge in [0.05, 0.1) is 0 Å². The summed E-state index contributed by atoms with van der Waals surface area (Å²) in [7, 11) is 2.22. The second kappa shape index (κ2) is 8.45. The first kappa shape index (κ1) is 19.2. The van der Waals surface area contributed by atoms with Gasteiger partial charge in [-0.1, -0.05) is 39.0 Å². The van der Waals surface area contributed by atoms with Gasteiger partial charge >= 0.3 is 0 Å². The third-order valence-corrected chi connectivity index (χ3v) is 7.44. The summed E-state index contributed by atoms with van der Waals surface area (Å²) in [4.78, 5) is 2.40. The minimum absolute atomic E-state index is 0.167. The molecule has 2 heteroatoms. The highest BCUT2D eigenvalue weighted by atomic mass is 16.5. The number of ether oxygens (including phenoxy) is 1. The van der Waals surface area contributed by atoms with Crippen molar-refractivity contribution in [2.45, 2.75) is 89.6 Å². The third kappa shape index (κ3) is 4.63. The van der Waals surface area contributed by atoms with E-state index < -0.39 is 0 Å². The molecule has 0 saturated heterocycles. The minimum Gasteiger partial charge on any atom is -0.487 e. The topological polar surface area (TPSA) is 12.5 Å². The highest BCUT2D eigenvalue weighted by molar-refractivity contribution is 5.48. The van der Waals surface area contributed by atoms with Crippen molar-refractivity contribution in [1.29, 1.82) is 0 Å². The van der Waals surface area contributed by atoms with Crippen molar-refractivity contribution in [3.8, 4) is 5.75 Å². The average molecular weight is 370 g/mol. The molecule has 0 aromatic heterocycles. The molecule has 4 bridgehead atoms. The van der Waals surface area contributed by atoms with E-state index in [9.17, 15) is 0 Å². The Bertz CT molecular complexity index is 558. The Balaban J connectivity index is 1.26. The summed E-state index contributed by atoms with van der Waals surface area (Å²) >= 11 is 0. The summed E-state index contributed by atoms with van der Waals surface area (Å²) in [6.07, 6.45) is 16.5. The molecule has 0 spiro atoms. The van der Waals surface area contributed by atoms with Gasteiger partial charge in [0.2, 0.25) is 0 Å². The van der Waals surface area contributed by atoms with Crippen LogP contribution in [-0.2, 0) is 0 Å². The molecule has 0 aliphatic heterocycles. The fourth-order valence-corrected chi connectivity index (χ4v) is 6.43. The molecule has 1 aromatic carbocycles. The number of anilines is 1. The highest BCUT2D eigenvalue weighted by Crippen LogP contribution is 2.57. The van der Waals surface area contributed by atoms with Gasteiger partial charge < -0.3 is 9.64 Å². The van der Waals surface area contributed by atoms with Crippen LogP contribution in [0.25, 0.3) is 0 Å². The number of rotatable bonds is 10. The van der Waals surface area contributed by atoms with Gasteiger partial charge in [-0.15, -0.1) is 0 Å². The fraction of sp³-hybridized carbons (Fsp3) is 0.760. The second-order valence-electron chi connectivity index (χ2n) is 9.89. The highest BCUT2D eigenvalue weighted by Gasteiger charge is 2.52. The Morgan fingerprint density at radius 2 is 1.41 bits per heavy atom. The zero-order chi connectivity index (χ0) is 18.7. The molecule has 4 fully saturated rings. The number of nitrogens with zero attached hydrogens (tertiary/aromatic N) is 1. The smallest absolute Gasteiger partial charge is 0.120 e. The van der Waals surface area contributed by atoms with Crippen LogP contribution in [0.5, 0.6) is 5.75 Å². The molecule has 0 atom stereocenters. The Morgan fingerprint density at radius 1 is 0.852 bits per heavy atom. The summed E-state index contributed by atoms with van der Waals surface area (Å²) in [6.45, 7) is 3.44. The summed E-state index contributed by atoms with van der Waals surface area (Å²) in [5, 5.41) is 0. The molecule has 5 rings (SSSR count). The summed E-state index contributed by atoms with van der Waals surface area (Å²) in [5.41, 5.74) is 1.49. The largest absolute Gasteiger partial charge is 0.487 e. The maximum absolute atomic E-state index is 6.67. The number of hydrogen-bond acceptors (Lipinski definition) is 2. The number of unbranched alkanes of at least 4 members (excludes halogenated alkanes) is 5. The molecule has 4 aliphatic carbocycles. The van der Waals surface area contributed by atoms with E-state index in [1.54, 1.807) is 0 Å². The quantitative estimate of drug-likeness (QED) is 0.419. The van der Waals surface area contributed by atoms with Gasteiger partial charge in [0.1, 0.15) is 11.4 Å². The van der Waals surface area contributed by atoms with Crippen LogP contribution in [0.4, 0.5) is 5.69 Å². The zero-order valence-corrected chi connectivity index (χ0v) is 17.6. The van der Waals surface area contributed by atoms with E-state index in [1.807, 2.05) is 0 Å². The Morgan fingerprint density at radius 3 is 2.00 bits per heavy atom. The van der Waals surface area contributed by atoms with Gasteiger partial charge in [0.25, 0.3) is 0 Å². The summed E-state index contributed by atoms with van der Waals surface area (Å²) in [6, 6.07) is 8.94. The summed E-state index contributed by atoms with van der Waals surface area (Å²) < 4.78 is 6.67. The van der Waals surface area contributed by atoms with Crippen LogP contribution in [0.2, 0.25) is 0 Å². The molecule has 27 heavy (non-hydrogen) atoms. The molecule has 150 valence electrons. The van der Waals surface area contributed by atoms with Crippen LogP contribution in [0.1, 0.15) is 84.0 Å². The van der Waals surface area contributed by atoms with E-state index in [2.05, 4.69) is 43.1 Å². The lowest BCUT2D eigenvalue weighted by molar-refractivity contribution is -0.107. The van der Waals surface area contributed by atoms with E-state index in [0.29, 0.717) is 0 Å². The van der Waals surface area contributed by atoms with Crippen molar-refractivity contribution in [2.75, 3.05) is 18.5 Å². The molecular formula is C25H39NO. The molecule has 0 unspecified atom stereocenters. The van der Waals surface area contributed by atoms with Crippen LogP contribution in [0.3, 0.4) is 0 Å². The van der Waals surface area contributed by atoms with Crippen molar-refractivity contribution in [1.82, 2.24) is 0 Å². The van der Waals surface area contributed by atoms with Crippen molar-refractivity contribution < 1.29 is 4.74 Å². The first-order chi connectivity index (χ1) is 13.2. The lowest BCUT2D eigenvalue weighted by atomic mass is 9.54. The van der Waals surface area contributed by atoms with Crippen LogP contribution in [0, 0.1) is 17.8 Å². The van der Waals surface area contributed by atoms with Gasteiger partial charge in [-0.25, -0.2) is 0 Å². The Hall–Kier alpha value is -1.18. The molecule has 2 nitrogen and oxygen atoms in total. The average Bonchev–Trinajstić information content (AvgIpc) is 2.63. The monoisotopic (exact) mass is 369 g/mol. The van der Waals surface area contributed by atoms with E-state index in [4.69, 9.17) is 4.74 Å². The predicted octanol–water partition coefficient (Wildman–Crippen LogP) is 6.83. The van der Waals surface area contributed by atoms with E-state index in [0.717, 1.165) is 30.0 Å². The van der Waals surface area contributed by atoms with Gasteiger partial charge in [-0.05, 0) is 87.0 Å². The standard InChI is InChI=1S/C25H39NO/c1-3-4-5-6-7-8-13-26(2)23-9-11-24(12-10-23)27-25-17-20-14-21(18-25)16-22(15-20)19-25/h9-12,20-22H,3-8,13-19H2,1-2H3. The molecule has 0 N–H and O–H groups in total. The molecule has 0 radical (unpaired) electrons.